The molecule has 1 fully saturated rings. The molecule has 0 spiro atoms. The number of hydrogen-bond donors (Lipinski definition) is 2. The molecule has 1 amide bonds. The van der Waals surface area contributed by atoms with Crippen LogP contribution in [0.25, 0.3) is 0 Å². The third-order valence-electron chi connectivity index (χ3n) is 2.63. The van der Waals surface area contributed by atoms with Crippen molar-refractivity contribution in [2.75, 3.05) is 19.7 Å². The van der Waals surface area contributed by atoms with Crippen LogP contribution in [0.5, 0.6) is 0 Å². The van der Waals surface area contributed by atoms with Gasteiger partial charge in [-0.25, -0.2) is 0 Å². The van der Waals surface area contributed by atoms with E-state index in [2.05, 4.69) is 10.6 Å². The van der Waals surface area contributed by atoms with Gasteiger partial charge in [0.2, 0.25) is 5.91 Å². The molecule has 2 atom stereocenters. The Kier molecular flexibility index (Phi) is 5.65. The fourth-order valence-electron chi connectivity index (χ4n) is 1.82. The van der Waals surface area contributed by atoms with Gasteiger partial charge in [0.25, 0.3) is 0 Å². The number of ether oxygens (including phenoxy) is 1. The van der Waals surface area contributed by atoms with Gasteiger partial charge in [-0.3, -0.25) is 4.79 Å². The van der Waals surface area contributed by atoms with Gasteiger partial charge in [-0.05, 0) is 26.7 Å². The fourth-order valence-corrected chi connectivity index (χ4v) is 1.82. The Morgan fingerprint density at radius 2 is 2.47 bits per heavy atom. The molecule has 1 rings (SSSR count). The summed E-state index contributed by atoms with van der Waals surface area (Å²) in [6.07, 6.45) is 2.95. The molecule has 1 aliphatic rings. The number of hydrogen-bond acceptors (Lipinski definition) is 3. The molecule has 1 saturated heterocycles. The number of amides is 1. The lowest BCUT2D eigenvalue weighted by atomic mass is 10.1. The Labute approximate surface area is 91.8 Å². The number of carbonyl (C=O) groups is 1. The first-order valence-corrected chi connectivity index (χ1v) is 5.84. The van der Waals surface area contributed by atoms with Gasteiger partial charge < -0.3 is 15.4 Å². The van der Waals surface area contributed by atoms with Gasteiger partial charge in [-0.1, -0.05) is 0 Å². The summed E-state index contributed by atoms with van der Waals surface area (Å²) in [5.41, 5.74) is 0. The van der Waals surface area contributed by atoms with Crippen molar-refractivity contribution in [2.24, 2.45) is 0 Å². The van der Waals surface area contributed by atoms with E-state index in [1.54, 1.807) is 0 Å². The summed E-state index contributed by atoms with van der Waals surface area (Å²) in [5.74, 6) is 0.161. The summed E-state index contributed by atoms with van der Waals surface area (Å²) >= 11 is 0. The first-order valence-electron chi connectivity index (χ1n) is 5.84. The fraction of sp³-hybridized carbons (Fsp3) is 0.909. The van der Waals surface area contributed by atoms with E-state index in [0.717, 1.165) is 32.5 Å². The molecule has 2 unspecified atom stereocenters. The highest BCUT2D eigenvalue weighted by Crippen LogP contribution is 2.06. The molecule has 2 N–H and O–H groups in total. The van der Waals surface area contributed by atoms with Crippen molar-refractivity contribution in [2.45, 2.75) is 45.3 Å². The maximum absolute atomic E-state index is 11.3. The molecule has 1 aliphatic heterocycles. The Hall–Kier alpha value is -0.610. The second-order valence-electron chi connectivity index (χ2n) is 4.07. The van der Waals surface area contributed by atoms with Crippen molar-refractivity contribution < 1.29 is 9.53 Å². The van der Waals surface area contributed by atoms with Gasteiger partial charge >= 0.3 is 0 Å². The third kappa shape index (κ3) is 5.14. The predicted octanol–water partition coefficient (Wildman–Crippen LogP) is 0.670. The van der Waals surface area contributed by atoms with Crippen LogP contribution in [0.3, 0.4) is 0 Å². The molecule has 0 bridgehead atoms. The summed E-state index contributed by atoms with van der Waals surface area (Å²) < 4.78 is 5.43. The smallest absolute Gasteiger partial charge is 0.221 e. The van der Waals surface area contributed by atoms with Crippen molar-refractivity contribution in [3.8, 4) is 0 Å². The minimum Gasteiger partial charge on any atom is -0.377 e. The van der Waals surface area contributed by atoms with E-state index < -0.39 is 0 Å². The zero-order chi connectivity index (χ0) is 11.1. The zero-order valence-corrected chi connectivity index (χ0v) is 9.71. The van der Waals surface area contributed by atoms with Gasteiger partial charge in [0.15, 0.2) is 0 Å². The molecule has 0 radical (unpaired) electrons. The van der Waals surface area contributed by atoms with Crippen LogP contribution in [0.4, 0.5) is 0 Å². The molecule has 4 nitrogen and oxygen atoms in total. The lowest BCUT2D eigenvalue weighted by Crippen LogP contribution is -2.37. The Bertz CT molecular complexity index is 197. The SMILES string of the molecule is CCOC(C)CNC1CCCNC(=O)C1. The zero-order valence-electron chi connectivity index (χ0n) is 9.71. The highest BCUT2D eigenvalue weighted by atomic mass is 16.5. The second-order valence-corrected chi connectivity index (χ2v) is 4.07. The molecule has 0 saturated carbocycles. The lowest BCUT2D eigenvalue weighted by Gasteiger charge is -2.18. The van der Waals surface area contributed by atoms with Gasteiger partial charge in [0.1, 0.15) is 0 Å². The van der Waals surface area contributed by atoms with Gasteiger partial charge in [0, 0.05) is 32.2 Å². The highest BCUT2D eigenvalue weighted by Gasteiger charge is 2.17. The largest absolute Gasteiger partial charge is 0.377 e. The van der Waals surface area contributed by atoms with E-state index in [1.165, 1.54) is 0 Å². The molecule has 15 heavy (non-hydrogen) atoms. The molecule has 88 valence electrons. The summed E-state index contributed by atoms with van der Waals surface area (Å²) in [6, 6.07) is 0.315. The average Bonchev–Trinajstić information content (AvgIpc) is 2.40. The third-order valence-corrected chi connectivity index (χ3v) is 2.63. The monoisotopic (exact) mass is 214 g/mol. The van der Waals surface area contributed by atoms with Crippen molar-refractivity contribution in [1.29, 1.82) is 0 Å². The van der Waals surface area contributed by atoms with Crippen LogP contribution in [-0.4, -0.2) is 37.7 Å². The molecular formula is C11H22N2O2. The summed E-state index contributed by atoms with van der Waals surface area (Å²) in [6.45, 7) is 6.43. The topological polar surface area (TPSA) is 50.4 Å². The number of carbonyl (C=O) groups excluding carboxylic acids is 1. The van der Waals surface area contributed by atoms with Gasteiger partial charge in [-0.15, -0.1) is 0 Å². The minimum absolute atomic E-state index is 0.161. The number of rotatable bonds is 5. The van der Waals surface area contributed by atoms with Crippen LogP contribution in [0.2, 0.25) is 0 Å². The maximum Gasteiger partial charge on any atom is 0.221 e. The summed E-state index contributed by atoms with van der Waals surface area (Å²) in [4.78, 5) is 11.3. The van der Waals surface area contributed by atoms with Crippen LogP contribution < -0.4 is 10.6 Å². The highest BCUT2D eigenvalue weighted by molar-refractivity contribution is 5.76. The van der Waals surface area contributed by atoms with E-state index in [-0.39, 0.29) is 12.0 Å². The lowest BCUT2D eigenvalue weighted by molar-refractivity contribution is -0.121. The first-order chi connectivity index (χ1) is 7.22. The van der Waals surface area contributed by atoms with Crippen LogP contribution in [-0.2, 0) is 9.53 Å². The standard InChI is InChI=1S/C11H22N2O2/c1-3-15-9(2)8-13-10-5-4-6-12-11(14)7-10/h9-10,13H,3-8H2,1-2H3,(H,12,14). The minimum atomic E-state index is 0.161. The molecule has 0 aromatic rings. The van der Waals surface area contributed by atoms with Gasteiger partial charge in [-0.2, -0.15) is 0 Å². The summed E-state index contributed by atoms with van der Waals surface area (Å²) in [7, 11) is 0. The summed E-state index contributed by atoms with van der Waals surface area (Å²) in [5, 5.41) is 6.27. The maximum atomic E-state index is 11.3. The van der Waals surface area contributed by atoms with E-state index in [1.807, 2.05) is 13.8 Å². The Morgan fingerprint density at radius 3 is 3.20 bits per heavy atom. The van der Waals surface area contributed by atoms with E-state index in [9.17, 15) is 4.79 Å². The average molecular weight is 214 g/mol. The molecule has 0 aromatic heterocycles. The van der Waals surface area contributed by atoms with Crippen LogP contribution >= 0.6 is 0 Å². The molecular weight excluding hydrogens is 192 g/mol. The molecule has 4 heteroatoms. The van der Waals surface area contributed by atoms with Crippen molar-refractivity contribution in [3.05, 3.63) is 0 Å². The van der Waals surface area contributed by atoms with E-state index >= 15 is 0 Å². The molecule has 0 aliphatic carbocycles. The molecule has 1 heterocycles. The van der Waals surface area contributed by atoms with E-state index in [4.69, 9.17) is 4.74 Å². The van der Waals surface area contributed by atoms with Crippen LogP contribution in [0.15, 0.2) is 0 Å². The number of nitrogens with one attached hydrogen (secondary N) is 2. The van der Waals surface area contributed by atoms with Crippen molar-refractivity contribution >= 4 is 5.91 Å². The Morgan fingerprint density at radius 1 is 1.67 bits per heavy atom. The predicted molar refractivity (Wildman–Crippen MR) is 59.7 cm³/mol. The quantitative estimate of drug-likeness (QED) is 0.707. The van der Waals surface area contributed by atoms with E-state index in [0.29, 0.717) is 12.5 Å². The van der Waals surface area contributed by atoms with Crippen LogP contribution in [0.1, 0.15) is 33.1 Å². The van der Waals surface area contributed by atoms with Crippen molar-refractivity contribution in [3.63, 3.8) is 0 Å². The van der Waals surface area contributed by atoms with Crippen LogP contribution in [0, 0.1) is 0 Å². The second kappa shape index (κ2) is 6.80. The normalized spacial score (nSPS) is 24.4. The Balaban J connectivity index is 2.21. The molecule has 0 aromatic carbocycles. The van der Waals surface area contributed by atoms with Crippen molar-refractivity contribution in [1.82, 2.24) is 10.6 Å². The first kappa shape index (κ1) is 12.5. The van der Waals surface area contributed by atoms with Gasteiger partial charge in [0.05, 0.1) is 6.10 Å².